The molecule has 0 spiro atoms. The monoisotopic (exact) mass is 396 g/mol. The molecule has 2 heterocycles. The van der Waals surface area contributed by atoms with Crippen molar-refractivity contribution in [2.24, 2.45) is 0 Å². The highest BCUT2D eigenvalue weighted by atomic mass is 16.6. The lowest BCUT2D eigenvalue weighted by Gasteiger charge is -2.34. The predicted molar refractivity (Wildman–Crippen MR) is 106 cm³/mol. The van der Waals surface area contributed by atoms with Gasteiger partial charge < -0.3 is 19.9 Å². The van der Waals surface area contributed by atoms with Crippen molar-refractivity contribution in [2.75, 3.05) is 32.8 Å². The topological polar surface area (TPSA) is 91.8 Å². The number of benzene rings is 1. The zero-order valence-corrected chi connectivity index (χ0v) is 16.3. The molecule has 29 heavy (non-hydrogen) atoms. The fourth-order valence-electron chi connectivity index (χ4n) is 3.06. The fourth-order valence-corrected chi connectivity index (χ4v) is 3.06. The molecule has 3 rings (SSSR count). The molecule has 0 radical (unpaired) electrons. The number of carbonyl (C=O) groups excluding carboxylic acids is 3. The van der Waals surface area contributed by atoms with Crippen LogP contribution in [0.4, 0.5) is 4.79 Å². The Bertz CT molecular complexity index is 864. The van der Waals surface area contributed by atoms with Crippen LogP contribution in [0.5, 0.6) is 0 Å². The number of hydrogen-bond donors (Lipinski definition) is 1. The van der Waals surface area contributed by atoms with Gasteiger partial charge >= 0.3 is 6.09 Å². The van der Waals surface area contributed by atoms with E-state index in [0.29, 0.717) is 50.5 Å². The van der Waals surface area contributed by atoms with Crippen LogP contribution in [0.15, 0.2) is 48.7 Å². The van der Waals surface area contributed by atoms with Gasteiger partial charge in [-0.2, -0.15) is 0 Å². The summed E-state index contributed by atoms with van der Waals surface area (Å²) < 4.78 is 4.99. The molecule has 1 aromatic heterocycles. The Morgan fingerprint density at radius 1 is 1.00 bits per heavy atom. The lowest BCUT2D eigenvalue weighted by Crippen LogP contribution is -2.50. The van der Waals surface area contributed by atoms with Crippen molar-refractivity contribution in [3.8, 4) is 0 Å². The lowest BCUT2D eigenvalue weighted by molar-refractivity contribution is 0.0570. The number of rotatable bonds is 5. The number of carbonyl (C=O) groups is 3. The number of nitrogens with zero attached hydrogens (tertiary/aromatic N) is 3. The molecular weight excluding hydrogens is 372 g/mol. The van der Waals surface area contributed by atoms with Gasteiger partial charge in [0.25, 0.3) is 11.8 Å². The molecule has 1 aliphatic heterocycles. The van der Waals surface area contributed by atoms with Crippen LogP contribution in [0.25, 0.3) is 0 Å². The number of hydrogen-bond acceptors (Lipinski definition) is 5. The van der Waals surface area contributed by atoms with E-state index in [9.17, 15) is 14.4 Å². The van der Waals surface area contributed by atoms with E-state index in [1.807, 2.05) is 18.2 Å². The molecule has 3 amide bonds. The molecular formula is C21H24N4O4. The van der Waals surface area contributed by atoms with Crippen LogP contribution in [0, 0.1) is 0 Å². The minimum atomic E-state index is -0.355. The molecule has 0 saturated carbocycles. The van der Waals surface area contributed by atoms with Crippen LogP contribution in [-0.2, 0) is 11.3 Å². The summed E-state index contributed by atoms with van der Waals surface area (Å²) >= 11 is 0. The Morgan fingerprint density at radius 2 is 1.72 bits per heavy atom. The van der Waals surface area contributed by atoms with Gasteiger partial charge in [-0.25, -0.2) is 4.79 Å². The number of amides is 3. The molecule has 1 aliphatic rings. The van der Waals surface area contributed by atoms with Crippen molar-refractivity contribution in [1.82, 2.24) is 20.1 Å². The quantitative estimate of drug-likeness (QED) is 0.834. The first-order valence-electron chi connectivity index (χ1n) is 9.57. The van der Waals surface area contributed by atoms with Crippen LogP contribution >= 0.6 is 0 Å². The zero-order chi connectivity index (χ0) is 20.6. The second-order valence-corrected chi connectivity index (χ2v) is 6.56. The molecule has 8 nitrogen and oxygen atoms in total. The van der Waals surface area contributed by atoms with Crippen molar-refractivity contribution >= 4 is 17.9 Å². The molecule has 1 fully saturated rings. The zero-order valence-electron chi connectivity index (χ0n) is 16.3. The van der Waals surface area contributed by atoms with Gasteiger partial charge in [0, 0.05) is 43.5 Å². The van der Waals surface area contributed by atoms with E-state index in [-0.39, 0.29) is 17.9 Å². The second-order valence-electron chi connectivity index (χ2n) is 6.56. The lowest BCUT2D eigenvalue weighted by atomic mass is 10.1. The van der Waals surface area contributed by atoms with E-state index >= 15 is 0 Å². The van der Waals surface area contributed by atoms with Gasteiger partial charge in [-0.3, -0.25) is 14.6 Å². The minimum absolute atomic E-state index is 0.159. The maximum atomic E-state index is 12.8. The van der Waals surface area contributed by atoms with Gasteiger partial charge in [-0.05, 0) is 37.3 Å². The van der Waals surface area contributed by atoms with E-state index in [1.165, 1.54) is 0 Å². The Hall–Kier alpha value is -3.42. The molecule has 8 heteroatoms. The van der Waals surface area contributed by atoms with Crippen LogP contribution in [0.1, 0.15) is 33.3 Å². The highest BCUT2D eigenvalue weighted by Gasteiger charge is 2.25. The van der Waals surface area contributed by atoms with Crippen LogP contribution in [0.3, 0.4) is 0 Å². The molecule has 152 valence electrons. The number of pyridine rings is 1. The number of piperazine rings is 1. The predicted octanol–water partition coefficient (Wildman–Crippen LogP) is 1.93. The summed E-state index contributed by atoms with van der Waals surface area (Å²) in [6.07, 6.45) is 1.31. The van der Waals surface area contributed by atoms with Crippen molar-refractivity contribution in [1.29, 1.82) is 0 Å². The smallest absolute Gasteiger partial charge is 0.409 e. The summed E-state index contributed by atoms with van der Waals surface area (Å²) in [4.78, 5) is 44.5. The number of aromatic nitrogens is 1. The summed E-state index contributed by atoms with van der Waals surface area (Å²) in [7, 11) is 0. The van der Waals surface area contributed by atoms with E-state index in [0.717, 1.165) is 5.69 Å². The molecule has 0 aliphatic carbocycles. The average molecular weight is 396 g/mol. The summed E-state index contributed by atoms with van der Waals surface area (Å²) in [6, 6.07) is 12.1. The molecule has 0 bridgehead atoms. The Kier molecular flexibility index (Phi) is 6.78. The highest BCUT2D eigenvalue weighted by molar-refractivity contribution is 5.99. The Morgan fingerprint density at radius 3 is 2.41 bits per heavy atom. The van der Waals surface area contributed by atoms with Gasteiger partial charge in [0.1, 0.15) is 0 Å². The Balaban J connectivity index is 1.58. The standard InChI is InChI=1S/C21H24N4O4/c1-2-29-21(28)25-12-10-24(11-13-25)20(27)17-7-5-6-16(14-17)19(26)23-15-18-8-3-4-9-22-18/h3-9,14H,2,10-13,15H2,1H3,(H,23,26). The van der Waals surface area contributed by atoms with Gasteiger partial charge in [0.2, 0.25) is 0 Å². The van der Waals surface area contributed by atoms with E-state index < -0.39 is 0 Å². The summed E-state index contributed by atoms with van der Waals surface area (Å²) in [5.74, 6) is -0.426. The van der Waals surface area contributed by atoms with Crippen molar-refractivity contribution in [2.45, 2.75) is 13.5 Å². The first-order chi connectivity index (χ1) is 14.1. The average Bonchev–Trinajstić information content (AvgIpc) is 2.78. The van der Waals surface area contributed by atoms with Gasteiger partial charge in [0.05, 0.1) is 18.8 Å². The third kappa shape index (κ3) is 5.31. The number of ether oxygens (including phenoxy) is 1. The van der Waals surface area contributed by atoms with Gasteiger partial charge in [-0.1, -0.05) is 12.1 Å². The van der Waals surface area contributed by atoms with Crippen molar-refractivity contribution in [3.05, 3.63) is 65.5 Å². The minimum Gasteiger partial charge on any atom is -0.450 e. The summed E-state index contributed by atoms with van der Waals surface area (Å²) in [5, 5.41) is 2.81. The maximum absolute atomic E-state index is 12.8. The molecule has 1 saturated heterocycles. The summed E-state index contributed by atoms with van der Waals surface area (Å²) in [6.45, 7) is 4.10. The third-order valence-corrected chi connectivity index (χ3v) is 4.62. The normalized spacial score (nSPS) is 13.7. The largest absolute Gasteiger partial charge is 0.450 e. The molecule has 1 N–H and O–H groups in total. The fraction of sp³-hybridized carbons (Fsp3) is 0.333. The maximum Gasteiger partial charge on any atom is 0.409 e. The van der Waals surface area contributed by atoms with Gasteiger partial charge in [0.15, 0.2) is 0 Å². The second kappa shape index (κ2) is 9.68. The first kappa shape index (κ1) is 20.3. The molecule has 2 aromatic rings. The van der Waals surface area contributed by atoms with Crippen LogP contribution in [0.2, 0.25) is 0 Å². The Labute approximate surface area is 169 Å². The molecule has 0 atom stereocenters. The molecule has 0 unspecified atom stereocenters. The van der Waals surface area contributed by atoms with E-state index in [4.69, 9.17) is 4.74 Å². The SMILES string of the molecule is CCOC(=O)N1CCN(C(=O)c2cccc(C(=O)NCc3ccccn3)c2)CC1. The van der Waals surface area contributed by atoms with Crippen LogP contribution < -0.4 is 5.32 Å². The van der Waals surface area contributed by atoms with E-state index in [2.05, 4.69) is 10.3 Å². The number of nitrogens with one attached hydrogen (secondary N) is 1. The summed E-state index contributed by atoms with van der Waals surface area (Å²) in [5.41, 5.74) is 1.62. The third-order valence-electron chi connectivity index (χ3n) is 4.62. The van der Waals surface area contributed by atoms with Gasteiger partial charge in [-0.15, -0.1) is 0 Å². The highest BCUT2D eigenvalue weighted by Crippen LogP contribution is 2.12. The molecule has 1 aromatic carbocycles. The van der Waals surface area contributed by atoms with E-state index in [1.54, 1.807) is 47.2 Å². The first-order valence-corrected chi connectivity index (χ1v) is 9.57. The van der Waals surface area contributed by atoms with Crippen molar-refractivity contribution < 1.29 is 19.1 Å². The van der Waals surface area contributed by atoms with Crippen molar-refractivity contribution in [3.63, 3.8) is 0 Å². The van der Waals surface area contributed by atoms with Crippen LogP contribution in [-0.4, -0.2) is 65.5 Å².